The molecule has 0 aromatic heterocycles. The highest BCUT2D eigenvalue weighted by molar-refractivity contribution is 6.34. The first kappa shape index (κ1) is 12.7. The Bertz CT molecular complexity index is 532. The van der Waals surface area contributed by atoms with E-state index < -0.39 is 5.41 Å². The van der Waals surface area contributed by atoms with Crippen molar-refractivity contribution in [1.29, 1.82) is 5.26 Å². The molecule has 1 aliphatic rings. The number of nitrogens with zero attached hydrogens (tertiary/aromatic N) is 2. The predicted octanol–water partition coefficient (Wildman–Crippen LogP) is 2.62. The Morgan fingerprint density at radius 2 is 2.22 bits per heavy atom. The van der Waals surface area contributed by atoms with E-state index in [9.17, 15) is 4.79 Å². The number of methoxy groups -OCH3 is 1. The van der Waals surface area contributed by atoms with Crippen LogP contribution in [0.15, 0.2) is 18.2 Å². The number of halogens is 1. The van der Waals surface area contributed by atoms with Crippen LogP contribution in [0.1, 0.15) is 12.8 Å². The zero-order valence-electron chi connectivity index (χ0n) is 10.2. The van der Waals surface area contributed by atoms with Crippen molar-refractivity contribution >= 4 is 23.2 Å². The van der Waals surface area contributed by atoms with Crippen LogP contribution in [-0.4, -0.2) is 20.1 Å². The first-order valence-electron chi connectivity index (χ1n) is 5.57. The number of amides is 1. The maximum absolute atomic E-state index is 12.2. The van der Waals surface area contributed by atoms with Crippen molar-refractivity contribution in [1.82, 2.24) is 0 Å². The van der Waals surface area contributed by atoms with Crippen LogP contribution >= 0.6 is 11.6 Å². The second kappa shape index (κ2) is 4.51. The van der Waals surface area contributed by atoms with Gasteiger partial charge >= 0.3 is 0 Å². The Kier molecular flexibility index (Phi) is 3.18. The number of hydrogen-bond donors (Lipinski definition) is 0. The summed E-state index contributed by atoms with van der Waals surface area (Å²) in [6.45, 7) is 0. The summed E-state index contributed by atoms with van der Waals surface area (Å²) in [5.41, 5.74) is -0.248. The lowest BCUT2D eigenvalue weighted by Crippen LogP contribution is -2.33. The molecule has 1 fully saturated rings. The van der Waals surface area contributed by atoms with Crippen LogP contribution < -0.4 is 9.64 Å². The summed E-state index contributed by atoms with van der Waals surface area (Å²) in [6, 6.07) is 7.18. The Balaban J connectivity index is 2.27. The molecule has 0 atom stereocenters. The molecule has 0 bridgehead atoms. The van der Waals surface area contributed by atoms with E-state index in [4.69, 9.17) is 21.6 Å². The highest BCUT2D eigenvalue weighted by atomic mass is 35.5. The summed E-state index contributed by atoms with van der Waals surface area (Å²) in [5.74, 6) is 0.433. The second-order valence-electron chi connectivity index (χ2n) is 4.38. The number of benzene rings is 1. The van der Waals surface area contributed by atoms with Crippen LogP contribution in [0.2, 0.25) is 5.02 Å². The van der Waals surface area contributed by atoms with E-state index in [2.05, 4.69) is 6.07 Å². The Morgan fingerprint density at radius 1 is 1.56 bits per heavy atom. The van der Waals surface area contributed by atoms with E-state index in [-0.39, 0.29) is 5.91 Å². The van der Waals surface area contributed by atoms with Gasteiger partial charge in [0, 0.05) is 13.1 Å². The van der Waals surface area contributed by atoms with Crippen LogP contribution in [-0.2, 0) is 4.79 Å². The monoisotopic (exact) mass is 264 g/mol. The third kappa shape index (κ3) is 2.02. The molecule has 94 valence electrons. The maximum Gasteiger partial charge on any atom is 0.247 e. The third-order valence-corrected chi connectivity index (χ3v) is 3.50. The fourth-order valence-electron chi connectivity index (χ4n) is 1.82. The smallest absolute Gasteiger partial charge is 0.247 e. The highest BCUT2D eigenvalue weighted by Crippen LogP contribution is 2.47. The molecule has 0 spiro atoms. The third-order valence-electron chi connectivity index (χ3n) is 3.19. The van der Waals surface area contributed by atoms with Gasteiger partial charge in [0.15, 0.2) is 0 Å². The lowest BCUT2D eigenvalue weighted by molar-refractivity contribution is -0.121. The summed E-state index contributed by atoms with van der Waals surface area (Å²) in [4.78, 5) is 13.6. The summed E-state index contributed by atoms with van der Waals surface area (Å²) >= 11 is 6.10. The molecule has 1 aliphatic carbocycles. The molecule has 1 saturated carbocycles. The van der Waals surface area contributed by atoms with Gasteiger partial charge in [-0.1, -0.05) is 11.6 Å². The van der Waals surface area contributed by atoms with Crippen molar-refractivity contribution in [3.63, 3.8) is 0 Å². The van der Waals surface area contributed by atoms with Crippen molar-refractivity contribution in [2.45, 2.75) is 12.8 Å². The quantitative estimate of drug-likeness (QED) is 0.843. The topological polar surface area (TPSA) is 53.3 Å². The SMILES string of the molecule is COc1ccc(N(C)C(=O)C2(C#N)CC2)c(Cl)c1. The van der Waals surface area contributed by atoms with Crippen LogP contribution in [0.4, 0.5) is 5.69 Å². The van der Waals surface area contributed by atoms with Gasteiger partial charge in [-0.3, -0.25) is 4.79 Å². The summed E-state index contributed by atoms with van der Waals surface area (Å²) in [7, 11) is 3.18. The van der Waals surface area contributed by atoms with E-state index in [1.54, 1.807) is 32.4 Å². The molecule has 1 amide bonds. The number of nitriles is 1. The van der Waals surface area contributed by atoms with Gasteiger partial charge in [-0.05, 0) is 25.0 Å². The van der Waals surface area contributed by atoms with E-state index in [1.807, 2.05) is 0 Å². The predicted molar refractivity (Wildman–Crippen MR) is 68.7 cm³/mol. The molecular formula is C13H13ClN2O2. The number of ether oxygens (including phenoxy) is 1. The van der Waals surface area contributed by atoms with Crippen molar-refractivity contribution in [2.24, 2.45) is 5.41 Å². The maximum atomic E-state index is 12.2. The van der Waals surface area contributed by atoms with Crippen molar-refractivity contribution in [2.75, 3.05) is 19.1 Å². The first-order valence-corrected chi connectivity index (χ1v) is 5.95. The lowest BCUT2D eigenvalue weighted by Gasteiger charge is -2.21. The molecular weight excluding hydrogens is 252 g/mol. The van der Waals surface area contributed by atoms with Gasteiger partial charge in [0.05, 0.1) is 23.9 Å². The van der Waals surface area contributed by atoms with E-state index >= 15 is 0 Å². The minimum Gasteiger partial charge on any atom is -0.497 e. The average Bonchev–Trinajstić information content (AvgIpc) is 3.18. The van der Waals surface area contributed by atoms with Gasteiger partial charge in [0.2, 0.25) is 5.91 Å². The summed E-state index contributed by atoms with van der Waals surface area (Å²) < 4.78 is 5.05. The van der Waals surface area contributed by atoms with E-state index in [0.29, 0.717) is 29.3 Å². The zero-order chi connectivity index (χ0) is 13.3. The van der Waals surface area contributed by atoms with E-state index in [1.165, 1.54) is 4.90 Å². The number of anilines is 1. The number of rotatable bonds is 3. The van der Waals surface area contributed by atoms with Crippen LogP contribution in [0.3, 0.4) is 0 Å². The number of carbonyl (C=O) groups excluding carboxylic acids is 1. The molecule has 0 radical (unpaired) electrons. The molecule has 18 heavy (non-hydrogen) atoms. The number of hydrogen-bond acceptors (Lipinski definition) is 3. The van der Waals surface area contributed by atoms with E-state index in [0.717, 1.165) is 0 Å². The summed E-state index contributed by atoms with van der Waals surface area (Å²) in [6.07, 6.45) is 1.25. The normalized spacial score (nSPS) is 15.7. The largest absolute Gasteiger partial charge is 0.497 e. The van der Waals surface area contributed by atoms with Crippen molar-refractivity contribution in [3.05, 3.63) is 23.2 Å². The zero-order valence-corrected chi connectivity index (χ0v) is 11.0. The molecule has 0 saturated heterocycles. The molecule has 1 aromatic rings. The fourth-order valence-corrected chi connectivity index (χ4v) is 2.11. The number of carbonyl (C=O) groups is 1. The molecule has 2 rings (SSSR count). The van der Waals surface area contributed by atoms with Crippen molar-refractivity contribution < 1.29 is 9.53 Å². The van der Waals surface area contributed by atoms with Gasteiger partial charge in [-0.15, -0.1) is 0 Å². The molecule has 4 nitrogen and oxygen atoms in total. The van der Waals surface area contributed by atoms with Gasteiger partial charge in [-0.2, -0.15) is 5.26 Å². The Hall–Kier alpha value is -1.73. The molecule has 0 aliphatic heterocycles. The van der Waals surface area contributed by atoms with Gasteiger partial charge in [-0.25, -0.2) is 0 Å². The standard InChI is InChI=1S/C13H13ClN2O2/c1-16(12(17)13(8-15)5-6-13)11-4-3-9(18-2)7-10(11)14/h3-4,7H,5-6H2,1-2H3. The van der Waals surface area contributed by atoms with Crippen LogP contribution in [0.5, 0.6) is 5.75 Å². The van der Waals surface area contributed by atoms with Gasteiger partial charge < -0.3 is 9.64 Å². The Morgan fingerprint density at radius 3 is 2.67 bits per heavy atom. The first-order chi connectivity index (χ1) is 8.54. The van der Waals surface area contributed by atoms with Gasteiger partial charge in [0.1, 0.15) is 11.2 Å². The molecule has 0 N–H and O–H groups in total. The minimum atomic E-state index is -0.835. The Labute approximate surface area is 111 Å². The highest BCUT2D eigenvalue weighted by Gasteiger charge is 2.52. The average molecular weight is 265 g/mol. The fraction of sp³-hybridized carbons (Fsp3) is 0.385. The van der Waals surface area contributed by atoms with Gasteiger partial charge in [0.25, 0.3) is 0 Å². The van der Waals surface area contributed by atoms with Crippen LogP contribution in [0.25, 0.3) is 0 Å². The van der Waals surface area contributed by atoms with Crippen LogP contribution in [0, 0.1) is 16.7 Å². The van der Waals surface area contributed by atoms with Crippen molar-refractivity contribution in [3.8, 4) is 11.8 Å². The summed E-state index contributed by atoms with van der Waals surface area (Å²) in [5, 5.41) is 9.45. The molecule has 0 heterocycles. The lowest BCUT2D eigenvalue weighted by atomic mass is 10.1. The molecule has 1 aromatic carbocycles. The molecule has 0 unspecified atom stereocenters. The molecule has 5 heteroatoms. The minimum absolute atomic E-state index is 0.197. The second-order valence-corrected chi connectivity index (χ2v) is 4.78.